The lowest BCUT2D eigenvalue weighted by Gasteiger charge is -2.12. The van der Waals surface area contributed by atoms with E-state index in [1.54, 1.807) is 10.6 Å². The van der Waals surface area contributed by atoms with Gasteiger partial charge < -0.3 is 0 Å². The van der Waals surface area contributed by atoms with Gasteiger partial charge in [-0.25, -0.2) is 4.39 Å². The van der Waals surface area contributed by atoms with Crippen LogP contribution in [0.25, 0.3) is 5.69 Å². The number of aryl methyl sites for hydroxylation is 1. The second-order valence-corrected chi connectivity index (χ2v) is 4.59. The molecule has 1 aromatic carbocycles. The van der Waals surface area contributed by atoms with Crippen LogP contribution in [-0.4, -0.2) is 14.8 Å². The van der Waals surface area contributed by atoms with Crippen LogP contribution >= 0.6 is 11.6 Å². The Bertz CT molecular complexity index is 549. The minimum Gasteiger partial charge on any atom is -0.269 e. The summed E-state index contributed by atoms with van der Waals surface area (Å²) in [5, 5.41) is 8.11. The van der Waals surface area contributed by atoms with Crippen molar-refractivity contribution in [1.82, 2.24) is 14.8 Å². The van der Waals surface area contributed by atoms with Gasteiger partial charge in [-0.1, -0.05) is 19.9 Å². The number of hydrogen-bond donors (Lipinski definition) is 0. The molecule has 0 N–H and O–H groups in total. The molecule has 0 amide bonds. The highest BCUT2D eigenvalue weighted by molar-refractivity contribution is 6.28. The summed E-state index contributed by atoms with van der Waals surface area (Å²) in [6, 6.07) is 4.58. The van der Waals surface area contributed by atoms with Gasteiger partial charge in [-0.3, -0.25) is 4.57 Å². The Morgan fingerprint density at radius 1 is 1.29 bits per heavy atom. The van der Waals surface area contributed by atoms with Crippen LogP contribution in [0, 0.1) is 12.7 Å². The van der Waals surface area contributed by atoms with E-state index in [2.05, 4.69) is 10.2 Å². The fourth-order valence-corrected chi connectivity index (χ4v) is 1.91. The van der Waals surface area contributed by atoms with Crippen molar-refractivity contribution in [1.29, 1.82) is 0 Å². The minimum atomic E-state index is -0.301. The van der Waals surface area contributed by atoms with E-state index >= 15 is 0 Å². The van der Waals surface area contributed by atoms with Gasteiger partial charge in [-0.05, 0) is 36.2 Å². The van der Waals surface area contributed by atoms with Crippen molar-refractivity contribution in [2.75, 3.05) is 0 Å². The zero-order valence-electron chi connectivity index (χ0n) is 9.91. The fraction of sp³-hybridized carbons (Fsp3) is 0.333. The highest BCUT2D eigenvalue weighted by atomic mass is 35.5. The highest BCUT2D eigenvalue weighted by Crippen LogP contribution is 2.24. The first-order chi connectivity index (χ1) is 8.00. The van der Waals surface area contributed by atoms with Crippen LogP contribution < -0.4 is 0 Å². The van der Waals surface area contributed by atoms with E-state index in [-0.39, 0.29) is 17.0 Å². The number of halogens is 2. The van der Waals surface area contributed by atoms with E-state index in [1.807, 2.05) is 20.8 Å². The summed E-state index contributed by atoms with van der Waals surface area (Å²) in [5.74, 6) is 0.589. The zero-order chi connectivity index (χ0) is 12.6. The Balaban J connectivity index is 2.67. The third kappa shape index (κ3) is 2.17. The van der Waals surface area contributed by atoms with Gasteiger partial charge in [0.15, 0.2) is 0 Å². The summed E-state index contributed by atoms with van der Waals surface area (Å²) in [6.45, 7) is 5.88. The Kier molecular flexibility index (Phi) is 3.15. The summed E-state index contributed by atoms with van der Waals surface area (Å²) < 4.78 is 15.0. The Morgan fingerprint density at radius 2 is 2.00 bits per heavy atom. The second-order valence-electron chi connectivity index (χ2n) is 4.25. The van der Waals surface area contributed by atoms with E-state index in [9.17, 15) is 4.39 Å². The van der Waals surface area contributed by atoms with Crippen molar-refractivity contribution < 1.29 is 4.39 Å². The van der Waals surface area contributed by atoms with Crippen LogP contribution in [0.2, 0.25) is 5.28 Å². The van der Waals surface area contributed by atoms with Gasteiger partial charge in [-0.15, -0.1) is 10.2 Å². The average Bonchev–Trinajstić information content (AvgIpc) is 2.64. The van der Waals surface area contributed by atoms with Crippen LogP contribution in [0.15, 0.2) is 18.2 Å². The lowest BCUT2D eigenvalue weighted by atomic mass is 10.1. The summed E-state index contributed by atoms with van der Waals surface area (Å²) in [6.07, 6.45) is 0. The average molecular weight is 254 g/mol. The molecular formula is C12H13ClFN3. The minimum absolute atomic E-state index is 0.165. The number of aromatic nitrogens is 3. The molecule has 1 aromatic heterocycles. The van der Waals surface area contributed by atoms with E-state index in [1.165, 1.54) is 12.1 Å². The number of rotatable bonds is 2. The molecule has 0 bridgehead atoms. The van der Waals surface area contributed by atoms with Crippen molar-refractivity contribution in [3.8, 4) is 5.69 Å². The first-order valence-electron chi connectivity index (χ1n) is 5.38. The molecule has 2 rings (SSSR count). The van der Waals surface area contributed by atoms with Gasteiger partial charge in [0.2, 0.25) is 5.28 Å². The van der Waals surface area contributed by atoms with Crippen LogP contribution in [0.4, 0.5) is 4.39 Å². The van der Waals surface area contributed by atoms with Crippen molar-refractivity contribution in [3.05, 3.63) is 40.7 Å². The van der Waals surface area contributed by atoms with Gasteiger partial charge in [0.05, 0.1) is 5.69 Å². The van der Waals surface area contributed by atoms with Crippen LogP contribution in [0.3, 0.4) is 0 Å². The van der Waals surface area contributed by atoms with Gasteiger partial charge in [0.1, 0.15) is 11.6 Å². The first-order valence-corrected chi connectivity index (χ1v) is 5.76. The SMILES string of the molecule is Cc1ccc(F)cc1-n1c(Cl)nnc1C(C)C. The quantitative estimate of drug-likeness (QED) is 0.820. The summed E-state index contributed by atoms with van der Waals surface area (Å²) in [5.41, 5.74) is 1.61. The van der Waals surface area contributed by atoms with Gasteiger partial charge in [0.25, 0.3) is 0 Å². The Hall–Kier alpha value is -1.42. The topological polar surface area (TPSA) is 30.7 Å². The van der Waals surface area contributed by atoms with E-state index < -0.39 is 0 Å². The smallest absolute Gasteiger partial charge is 0.229 e. The van der Waals surface area contributed by atoms with Crippen molar-refractivity contribution >= 4 is 11.6 Å². The normalized spacial score (nSPS) is 11.2. The molecule has 0 aliphatic carbocycles. The van der Waals surface area contributed by atoms with Crippen molar-refractivity contribution in [2.45, 2.75) is 26.7 Å². The Labute approximate surface area is 104 Å². The molecule has 0 radical (unpaired) electrons. The van der Waals surface area contributed by atoms with Crippen LogP contribution in [0.5, 0.6) is 0 Å². The molecule has 0 saturated heterocycles. The molecule has 1 heterocycles. The van der Waals surface area contributed by atoms with E-state index in [0.29, 0.717) is 5.69 Å². The zero-order valence-corrected chi connectivity index (χ0v) is 10.7. The predicted octanol–water partition coefficient (Wildman–Crippen LogP) is 3.49. The highest BCUT2D eigenvalue weighted by Gasteiger charge is 2.16. The first kappa shape index (κ1) is 12.0. The second kappa shape index (κ2) is 4.45. The third-order valence-electron chi connectivity index (χ3n) is 2.58. The van der Waals surface area contributed by atoms with Crippen molar-refractivity contribution in [2.24, 2.45) is 0 Å². The predicted molar refractivity (Wildman–Crippen MR) is 65.2 cm³/mol. The van der Waals surface area contributed by atoms with Crippen LogP contribution in [0.1, 0.15) is 31.2 Å². The molecule has 0 unspecified atom stereocenters. The Morgan fingerprint density at radius 3 is 2.65 bits per heavy atom. The van der Waals surface area contributed by atoms with Crippen LogP contribution in [-0.2, 0) is 0 Å². The standard InChI is InChI=1S/C12H13ClFN3/c1-7(2)11-15-16-12(13)17(11)10-6-9(14)5-4-8(10)3/h4-7H,1-3H3. The molecule has 0 aliphatic heterocycles. The lowest BCUT2D eigenvalue weighted by Crippen LogP contribution is -2.05. The lowest BCUT2D eigenvalue weighted by molar-refractivity contribution is 0.625. The fourth-order valence-electron chi connectivity index (χ4n) is 1.70. The molecular weight excluding hydrogens is 241 g/mol. The largest absolute Gasteiger partial charge is 0.269 e. The molecule has 3 nitrogen and oxygen atoms in total. The molecule has 0 spiro atoms. The molecule has 0 atom stereocenters. The van der Waals surface area contributed by atoms with Gasteiger partial charge in [-0.2, -0.15) is 0 Å². The molecule has 0 aliphatic rings. The van der Waals surface area contributed by atoms with E-state index in [4.69, 9.17) is 11.6 Å². The van der Waals surface area contributed by atoms with Gasteiger partial charge in [0, 0.05) is 5.92 Å². The maximum absolute atomic E-state index is 13.3. The summed E-state index contributed by atoms with van der Waals surface area (Å²) in [4.78, 5) is 0. The molecule has 2 aromatic rings. The molecule has 0 fully saturated rings. The number of nitrogens with zero attached hydrogens (tertiary/aromatic N) is 3. The molecule has 17 heavy (non-hydrogen) atoms. The third-order valence-corrected chi connectivity index (χ3v) is 2.82. The molecule has 0 saturated carbocycles. The molecule has 90 valence electrons. The number of hydrogen-bond acceptors (Lipinski definition) is 2. The molecule has 5 heteroatoms. The monoisotopic (exact) mass is 253 g/mol. The van der Waals surface area contributed by atoms with Gasteiger partial charge >= 0.3 is 0 Å². The summed E-state index contributed by atoms with van der Waals surface area (Å²) in [7, 11) is 0. The van der Waals surface area contributed by atoms with E-state index in [0.717, 1.165) is 11.4 Å². The number of benzene rings is 1. The maximum atomic E-state index is 13.3. The summed E-state index contributed by atoms with van der Waals surface area (Å²) >= 11 is 6.01. The van der Waals surface area contributed by atoms with Crippen molar-refractivity contribution in [3.63, 3.8) is 0 Å². The maximum Gasteiger partial charge on any atom is 0.229 e.